The van der Waals surface area contributed by atoms with Crippen molar-refractivity contribution in [1.82, 2.24) is 4.90 Å². The van der Waals surface area contributed by atoms with Crippen LogP contribution in [0.25, 0.3) is 0 Å². The lowest BCUT2D eigenvalue weighted by atomic mass is 9.56. The number of hydrogen-bond acceptors (Lipinski definition) is 7. The van der Waals surface area contributed by atoms with Crippen LogP contribution in [0.15, 0.2) is 22.8 Å². The average Bonchev–Trinajstić information content (AvgIpc) is 3.46. The summed E-state index contributed by atoms with van der Waals surface area (Å²) in [7, 11) is 1.68. The monoisotopic (exact) mass is 615 g/mol. The van der Waals surface area contributed by atoms with E-state index in [2.05, 4.69) is 38.7 Å². The Hall–Kier alpha value is -0.800. The van der Waals surface area contributed by atoms with Gasteiger partial charge in [0.2, 0.25) is 0 Å². The molecule has 4 aliphatic carbocycles. The van der Waals surface area contributed by atoms with E-state index in [-0.39, 0.29) is 17.1 Å². The van der Waals surface area contributed by atoms with Crippen molar-refractivity contribution < 1.29 is 28.8 Å². The first-order valence-corrected chi connectivity index (χ1v) is 18.0. The van der Waals surface area contributed by atoms with Gasteiger partial charge in [0.05, 0.1) is 64.1 Å². The van der Waals surface area contributed by atoms with Gasteiger partial charge in [0.1, 0.15) is 0 Å². The molecular formula is C37H61NO6. The van der Waals surface area contributed by atoms with Crippen LogP contribution in [0.2, 0.25) is 0 Å². The number of piperidine rings is 1. The Labute approximate surface area is 267 Å². The lowest BCUT2D eigenvalue weighted by Gasteiger charge is -2.49. The van der Waals surface area contributed by atoms with Gasteiger partial charge in [-0.15, -0.1) is 0 Å². The second-order valence-corrected chi connectivity index (χ2v) is 15.5. The second-order valence-electron chi connectivity index (χ2n) is 15.5. The van der Waals surface area contributed by atoms with E-state index in [1.165, 1.54) is 38.5 Å². The van der Waals surface area contributed by atoms with Crippen molar-refractivity contribution in [2.45, 2.75) is 109 Å². The van der Waals surface area contributed by atoms with Crippen molar-refractivity contribution in [3.8, 4) is 0 Å². The minimum atomic E-state index is -0.225. The fourth-order valence-corrected chi connectivity index (χ4v) is 10.8. The Bertz CT molecular complexity index is 1050. The molecule has 10 atom stereocenters. The largest absolute Gasteiger partial charge is 0.389 e. The van der Waals surface area contributed by atoms with E-state index in [9.17, 15) is 5.11 Å². The van der Waals surface area contributed by atoms with Crippen LogP contribution < -0.4 is 0 Å². The van der Waals surface area contributed by atoms with Crippen molar-refractivity contribution in [2.24, 2.45) is 35.0 Å². The Balaban J connectivity index is 1.05. The van der Waals surface area contributed by atoms with E-state index in [4.69, 9.17) is 23.7 Å². The summed E-state index contributed by atoms with van der Waals surface area (Å²) in [6.45, 7) is 16.4. The van der Waals surface area contributed by atoms with Gasteiger partial charge in [-0.2, -0.15) is 0 Å². The summed E-state index contributed by atoms with van der Waals surface area (Å²) in [5.74, 6) is 3.44. The molecule has 4 fully saturated rings. The van der Waals surface area contributed by atoms with Crippen LogP contribution >= 0.6 is 0 Å². The molecule has 7 heteroatoms. The molecule has 0 aromatic heterocycles. The number of ether oxygens (including phenoxy) is 5. The van der Waals surface area contributed by atoms with Gasteiger partial charge in [-0.1, -0.05) is 43.6 Å². The Morgan fingerprint density at radius 2 is 1.70 bits per heavy atom. The number of hydrogen-bond donors (Lipinski definition) is 1. The van der Waals surface area contributed by atoms with E-state index < -0.39 is 0 Å². The van der Waals surface area contributed by atoms with Crippen molar-refractivity contribution >= 4 is 0 Å². The van der Waals surface area contributed by atoms with E-state index in [0.29, 0.717) is 63.6 Å². The molecule has 1 spiro atoms. The molecule has 0 radical (unpaired) electrons. The standard InChI is InChI=1S/C37H61NO6/c1-25-20-34-35(38(24-25)12-13-41-16-17-43-19-18-42-15-14-40-5)27(3)37(44-34)11-9-30-31-7-6-28-21-29(39)8-10-36(28,4)33(31)22-32(30)26(2)23-37/h21,25,27,29-31,33-35,39H,6-20,22-24H2,1-5H3/t25-,27+,29-,30-,31?,33-,34+,35-,36?,37-/m0/s1. The fraction of sp³-hybridized carbons (Fsp3) is 0.892. The van der Waals surface area contributed by atoms with Crippen molar-refractivity contribution in [3.63, 3.8) is 0 Å². The fourth-order valence-electron chi connectivity index (χ4n) is 10.8. The minimum absolute atomic E-state index is 0.0346. The molecule has 7 nitrogen and oxygen atoms in total. The van der Waals surface area contributed by atoms with Gasteiger partial charge < -0.3 is 28.8 Å². The third-order valence-corrected chi connectivity index (χ3v) is 13.0. The molecule has 250 valence electrons. The smallest absolute Gasteiger partial charge is 0.0765 e. The van der Waals surface area contributed by atoms with Gasteiger partial charge in [-0.25, -0.2) is 0 Å². The lowest BCUT2D eigenvalue weighted by Crippen LogP contribution is -2.52. The third-order valence-electron chi connectivity index (χ3n) is 13.0. The van der Waals surface area contributed by atoms with Gasteiger partial charge in [-0.3, -0.25) is 4.90 Å². The van der Waals surface area contributed by atoms with Crippen molar-refractivity contribution in [3.05, 3.63) is 22.8 Å². The number of rotatable bonds is 12. The van der Waals surface area contributed by atoms with E-state index in [1.807, 2.05) is 0 Å². The molecule has 0 bridgehead atoms. The molecule has 2 unspecified atom stereocenters. The summed E-state index contributed by atoms with van der Waals surface area (Å²) in [6.07, 6.45) is 12.9. The van der Waals surface area contributed by atoms with Gasteiger partial charge in [0.15, 0.2) is 0 Å². The maximum Gasteiger partial charge on any atom is 0.0765 e. The normalized spacial score (nSPS) is 42.1. The summed E-state index contributed by atoms with van der Waals surface area (Å²) in [5, 5.41) is 10.4. The lowest BCUT2D eigenvalue weighted by molar-refractivity contribution is -0.0807. The minimum Gasteiger partial charge on any atom is -0.389 e. The van der Waals surface area contributed by atoms with Gasteiger partial charge >= 0.3 is 0 Å². The molecule has 2 heterocycles. The zero-order valence-electron chi connectivity index (χ0n) is 28.4. The summed E-state index contributed by atoms with van der Waals surface area (Å²) in [5.41, 5.74) is 5.25. The van der Waals surface area contributed by atoms with E-state index >= 15 is 0 Å². The first-order chi connectivity index (χ1) is 21.3. The van der Waals surface area contributed by atoms with Crippen LogP contribution in [0.5, 0.6) is 0 Å². The highest BCUT2D eigenvalue weighted by Gasteiger charge is 2.59. The van der Waals surface area contributed by atoms with Crippen LogP contribution in [0.3, 0.4) is 0 Å². The van der Waals surface area contributed by atoms with E-state index in [1.54, 1.807) is 23.8 Å². The molecule has 1 N–H and O–H groups in total. The van der Waals surface area contributed by atoms with Crippen molar-refractivity contribution in [2.75, 3.05) is 66.4 Å². The van der Waals surface area contributed by atoms with Gasteiger partial charge in [0, 0.05) is 32.2 Å². The highest BCUT2D eigenvalue weighted by molar-refractivity contribution is 5.33. The zero-order valence-corrected chi connectivity index (χ0v) is 28.4. The SMILES string of the molecule is COCCOCCOCCOCCN1C[C@@H](C)C[C@H]2O[C@]3(CC[C@@H]4C(=C(C)C3)C[C@H]3C4CCC4=C[C@@H](O)CCC43C)[C@H](C)[C@@H]21. The number of likely N-dealkylation sites (tertiary alicyclic amines) is 1. The number of allylic oxidation sites excluding steroid dienone is 2. The number of fused-ring (bicyclic) bond motifs is 6. The van der Waals surface area contributed by atoms with Crippen LogP contribution in [0.1, 0.15) is 85.5 Å². The second kappa shape index (κ2) is 14.1. The first-order valence-electron chi connectivity index (χ1n) is 18.0. The van der Waals surface area contributed by atoms with Crippen molar-refractivity contribution in [1.29, 1.82) is 0 Å². The zero-order chi connectivity index (χ0) is 30.9. The Morgan fingerprint density at radius 3 is 2.45 bits per heavy atom. The quantitative estimate of drug-likeness (QED) is 0.220. The van der Waals surface area contributed by atoms with Crippen LogP contribution in [-0.4, -0.2) is 100 Å². The molecule has 2 saturated heterocycles. The first kappa shape index (κ1) is 33.1. The molecule has 0 amide bonds. The Kier molecular flexibility index (Phi) is 10.6. The molecule has 2 aliphatic heterocycles. The number of aliphatic hydroxyl groups excluding tert-OH is 1. The highest BCUT2D eigenvalue weighted by atomic mass is 16.6. The number of aliphatic hydroxyl groups is 1. The molecular weight excluding hydrogens is 554 g/mol. The predicted molar refractivity (Wildman–Crippen MR) is 173 cm³/mol. The molecule has 2 saturated carbocycles. The summed E-state index contributed by atoms with van der Waals surface area (Å²) < 4.78 is 29.4. The molecule has 44 heavy (non-hydrogen) atoms. The van der Waals surface area contributed by atoms with Crippen LogP contribution in [-0.2, 0) is 23.7 Å². The molecule has 6 rings (SSSR count). The maximum absolute atomic E-state index is 10.4. The average molecular weight is 616 g/mol. The molecule has 0 aromatic rings. The van der Waals surface area contributed by atoms with Gasteiger partial charge in [0.25, 0.3) is 0 Å². The summed E-state index contributed by atoms with van der Waals surface area (Å²) >= 11 is 0. The van der Waals surface area contributed by atoms with Gasteiger partial charge in [-0.05, 0) is 93.8 Å². The van der Waals surface area contributed by atoms with Crippen LogP contribution in [0.4, 0.5) is 0 Å². The van der Waals surface area contributed by atoms with Crippen LogP contribution in [0, 0.1) is 35.0 Å². The molecule has 6 aliphatic rings. The summed E-state index contributed by atoms with van der Waals surface area (Å²) in [4.78, 5) is 2.71. The predicted octanol–water partition coefficient (Wildman–Crippen LogP) is 5.80. The summed E-state index contributed by atoms with van der Waals surface area (Å²) in [6, 6.07) is 0.480. The maximum atomic E-state index is 10.4. The van der Waals surface area contributed by atoms with E-state index in [0.717, 1.165) is 56.7 Å². The number of nitrogens with zero attached hydrogens (tertiary/aromatic N) is 1. The number of methoxy groups -OCH3 is 1. The Morgan fingerprint density at radius 1 is 0.977 bits per heavy atom. The molecule has 0 aromatic carbocycles. The topological polar surface area (TPSA) is 69.6 Å². The highest BCUT2D eigenvalue weighted by Crippen LogP contribution is 2.64. The third kappa shape index (κ3) is 6.50.